The highest BCUT2D eigenvalue weighted by atomic mass is 16.4. The number of carbonyl (C=O) groups is 2. The Morgan fingerprint density at radius 1 is 0.875 bits per heavy atom. The third kappa shape index (κ3) is 11.6. The van der Waals surface area contributed by atoms with E-state index >= 15 is 0 Å². The standard InChI is InChI=1S/C19H38N2O3/c1-5-6-7-8-9-10-11-12-13-14-15-20-16-17(22)18(19(23)24)21(2,3)4/h18,20H,5-16H2,1-4H3/p+1. The predicted octanol–water partition coefficient (Wildman–Crippen LogP) is 3.23. The summed E-state index contributed by atoms with van der Waals surface area (Å²) in [7, 11) is 5.21. The minimum absolute atomic E-state index is 0.119. The lowest BCUT2D eigenvalue weighted by Crippen LogP contribution is -2.56. The van der Waals surface area contributed by atoms with Crippen LogP contribution in [-0.2, 0) is 9.59 Å². The van der Waals surface area contributed by atoms with Gasteiger partial charge >= 0.3 is 5.97 Å². The monoisotopic (exact) mass is 343 g/mol. The molecule has 1 unspecified atom stereocenters. The van der Waals surface area contributed by atoms with Crippen LogP contribution in [0.25, 0.3) is 0 Å². The molecule has 0 saturated carbocycles. The molecule has 142 valence electrons. The van der Waals surface area contributed by atoms with E-state index in [9.17, 15) is 14.7 Å². The normalized spacial score (nSPS) is 13.0. The van der Waals surface area contributed by atoms with Crippen molar-refractivity contribution in [3.63, 3.8) is 0 Å². The Balaban J connectivity index is 3.59. The van der Waals surface area contributed by atoms with E-state index in [4.69, 9.17) is 0 Å². The number of nitrogens with zero attached hydrogens (tertiary/aromatic N) is 1. The van der Waals surface area contributed by atoms with Crippen molar-refractivity contribution in [3.05, 3.63) is 0 Å². The molecule has 0 rings (SSSR count). The summed E-state index contributed by atoms with van der Waals surface area (Å²) in [6.45, 7) is 3.17. The van der Waals surface area contributed by atoms with Gasteiger partial charge in [-0.25, -0.2) is 4.79 Å². The molecule has 0 aliphatic rings. The Bertz CT molecular complexity index is 351. The van der Waals surface area contributed by atoms with E-state index in [-0.39, 0.29) is 16.8 Å². The molecule has 0 radical (unpaired) electrons. The number of likely N-dealkylation sites (N-methyl/N-ethyl adjacent to an activating group) is 1. The van der Waals surface area contributed by atoms with Crippen LogP contribution in [0.5, 0.6) is 0 Å². The third-order valence-corrected chi connectivity index (χ3v) is 4.32. The van der Waals surface area contributed by atoms with Crippen LogP contribution < -0.4 is 5.32 Å². The molecule has 0 aliphatic carbocycles. The zero-order chi connectivity index (χ0) is 18.4. The maximum absolute atomic E-state index is 12.1. The second-order valence-corrected chi connectivity index (χ2v) is 7.68. The fourth-order valence-corrected chi connectivity index (χ4v) is 2.95. The van der Waals surface area contributed by atoms with Crippen molar-refractivity contribution in [2.75, 3.05) is 34.2 Å². The number of aliphatic carboxylic acids is 1. The third-order valence-electron chi connectivity index (χ3n) is 4.32. The molecule has 1 atom stereocenters. The molecule has 0 heterocycles. The molecule has 0 saturated heterocycles. The van der Waals surface area contributed by atoms with E-state index in [0.717, 1.165) is 13.0 Å². The number of hydrogen-bond donors (Lipinski definition) is 2. The van der Waals surface area contributed by atoms with Crippen molar-refractivity contribution >= 4 is 11.8 Å². The van der Waals surface area contributed by atoms with Crippen molar-refractivity contribution < 1.29 is 19.2 Å². The second-order valence-electron chi connectivity index (χ2n) is 7.68. The van der Waals surface area contributed by atoms with Crippen LogP contribution in [0.2, 0.25) is 0 Å². The van der Waals surface area contributed by atoms with Crippen molar-refractivity contribution in [1.82, 2.24) is 5.32 Å². The number of carbonyl (C=O) groups excluding carboxylic acids is 1. The molecule has 5 heteroatoms. The molecule has 0 amide bonds. The number of ketones is 1. The van der Waals surface area contributed by atoms with Gasteiger partial charge in [0.05, 0.1) is 27.7 Å². The molecular weight excluding hydrogens is 304 g/mol. The number of quaternary nitrogens is 1. The van der Waals surface area contributed by atoms with Gasteiger partial charge in [0.15, 0.2) is 0 Å². The molecule has 0 fully saturated rings. The molecular formula is C19H39N2O3+. The first kappa shape index (κ1) is 23.1. The Morgan fingerprint density at radius 2 is 1.33 bits per heavy atom. The zero-order valence-electron chi connectivity index (χ0n) is 16.3. The molecule has 0 aromatic carbocycles. The molecule has 0 bridgehead atoms. The van der Waals surface area contributed by atoms with Crippen LogP contribution in [0.1, 0.15) is 71.1 Å². The summed E-state index contributed by atoms with van der Waals surface area (Å²) in [6, 6.07) is -0.995. The summed E-state index contributed by atoms with van der Waals surface area (Å²) in [6.07, 6.45) is 12.9. The van der Waals surface area contributed by atoms with Crippen molar-refractivity contribution in [1.29, 1.82) is 0 Å². The molecule has 0 aromatic rings. The highest BCUT2D eigenvalue weighted by molar-refractivity contribution is 6.02. The summed E-state index contributed by atoms with van der Waals surface area (Å²) in [5.74, 6) is -1.30. The topological polar surface area (TPSA) is 66.4 Å². The highest BCUT2D eigenvalue weighted by Gasteiger charge is 2.37. The number of nitrogens with one attached hydrogen (secondary N) is 1. The SMILES string of the molecule is CCCCCCCCCCCCNCC(=O)C(C(=O)O)[N+](C)(C)C. The molecule has 2 N–H and O–H groups in total. The smallest absolute Gasteiger partial charge is 0.370 e. The fraction of sp³-hybridized carbons (Fsp3) is 0.895. The van der Waals surface area contributed by atoms with E-state index < -0.39 is 12.0 Å². The van der Waals surface area contributed by atoms with Crippen molar-refractivity contribution in [2.24, 2.45) is 0 Å². The van der Waals surface area contributed by atoms with Crippen molar-refractivity contribution in [3.8, 4) is 0 Å². The van der Waals surface area contributed by atoms with Gasteiger partial charge in [0.25, 0.3) is 0 Å². The fourth-order valence-electron chi connectivity index (χ4n) is 2.95. The van der Waals surface area contributed by atoms with Crippen LogP contribution >= 0.6 is 0 Å². The summed E-state index contributed by atoms with van der Waals surface area (Å²) >= 11 is 0. The van der Waals surface area contributed by atoms with Gasteiger partial charge in [0.2, 0.25) is 11.8 Å². The lowest BCUT2D eigenvalue weighted by atomic mass is 10.1. The number of carboxylic acids is 1. The van der Waals surface area contributed by atoms with Gasteiger partial charge in [-0.1, -0.05) is 64.7 Å². The Labute approximate surface area is 148 Å². The first-order valence-corrected chi connectivity index (χ1v) is 9.58. The average molecular weight is 344 g/mol. The first-order valence-electron chi connectivity index (χ1n) is 9.58. The number of hydrogen-bond acceptors (Lipinski definition) is 3. The Morgan fingerprint density at radius 3 is 1.75 bits per heavy atom. The van der Waals surface area contributed by atoms with Gasteiger partial charge in [-0.05, 0) is 13.0 Å². The minimum atomic E-state index is -1.05. The van der Waals surface area contributed by atoms with Gasteiger partial charge in [0.1, 0.15) is 0 Å². The van der Waals surface area contributed by atoms with E-state index in [1.165, 1.54) is 57.8 Å². The molecule has 0 aromatic heterocycles. The quantitative estimate of drug-likeness (QED) is 0.256. The lowest BCUT2D eigenvalue weighted by Gasteiger charge is -2.29. The number of rotatable bonds is 16. The highest BCUT2D eigenvalue weighted by Crippen LogP contribution is 2.10. The maximum Gasteiger partial charge on any atom is 0.370 e. The second kappa shape index (κ2) is 13.4. The number of carboxylic acid groups (broad SMARTS) is 1. The maximum atomic E-state index is 12.1. The summed E-state index contributed by atoms with van der Waals surface area (Å²) in [4.78, 5) is 23.3. The van der Waals surface area contributed by atoms with Gasteiger partial charge in [-0.2, -0.15) is 0 Å². The van der Waals surface area contributed by atoms with E-state index in [0.29, 0.717) is 0 Å². The van der Waals surface area contributed by atoms with Crippen LogP contribution in [0, 0.1) is 0 Å². The van der Waals surface area contributed by atoms with Gasteiger partial charge in [-0.15, -0.1) is 0 Å². The average Bonchev–Trinajstić information content (AvgIpc) is 2.46. The molecule has 0 spiro atoms. The van der Waals surface area contributed by atoms with Gasteiger partial charge in [-0.3, -0.25) is 4.79 Å². The van der Waals surface area contributed by atoms with E-state index in [1.807, 2.05) is 0 Å². The summed E-state index contributed by atoms with van der Waals surface area (Å²) < 4.78 is 0.119. The first-order chi connectivity index (χ1) is 11.3. The van der Waals surface area contributed by atoms with Crippen LogP contribution in [0.3, 0.4) is 0 Å². The van der Waals surface area contributed by atoms with Crippen molar-refractivity contribution in [2.45, 2.75) is 77.2 Å². The molecule has 5 nitrogen and oxygen atoms in total. The van der Waals surface area contributed by atoms with Crippen LogP contribution in [0.4, 0.5) is 0 Å². The van der Waals surface area contributed by atoms with Gasteiger partial charge in [0, 0.05) is 0 Å². The molecule has 0 aliphatic heterocycles. The minimum Gasteiger partial charge on any atom is -0.476 e. The van der Waals surface area contributed by atoms with Crippen LogP contribution in [0.15, 0.2) is 0 Å². The summed E-state index contributed by atoms with van der Waals surface area (Å²) in [5, 5.41) is 12.3. The summed E-state index contributed by atoms with van der Waals surface area (Å²) in [5.41, 5.74) is 0. The number of Topliss-reactive ketones (excluding diaryl/α,β-unsaturated/α-hetero) is 1. The van der Waals surface area contributed by atoms with Gasteiger partial charge < -0.3 is 14.9 Å². The lowest BCUT2D eigenvalue weighted by molar-refractivity contribution is -0.878. The predicted molar refractivity (Wildman–Crippen MR) is 99.2 cm³/mol. The zero-order valence-corrected chi connectivity index (χ0v) is 16.3. The van der Waals surface area contributed by atoms with E-state index in [2.05, 4.69) is 12.2 Å². The Hall–Kier alpha value is -0.940. The van der Waals surface area contributed by atoms with Crippen LogP contribution in [-0.4, -0.2) is 61.6 Å². The van der Waals surface area contributed by atoms with E-state index in [1.54, 1.807) is 21.1 Å². The number of unbranched alkanes of at least 4 members (excludes halogenated alkanes) is 9. The largest absolute Gasteiger partial charge is 0.476 e. The Kier molecular flexibility index (Phi) is 12.8. The molecule has 24 heavy (non-hydrogen) atoms.